The van der Waals surface area contributed by atoms with Gasteiger partial charge >= 0.3 is 5.97 Å². The summed E-state index contributed by atoms with van der Waals surface area (Å²) in [6, 6.07) is 10.8. The van der Waals surface area contributed by atoms with Crippen LogP contribution in [-0.2, 0) is 0 Å². The summed E-state index contributed by atoms with van der Waals surface area (Å²) < 4.78 is 0.984. The second kappa shape index (κ2) is 6.05. The Bertz CT molecular complexity index is 624. The highest BCUT2D eigenvalue weighted by Crippen LogP contribution is 2.22. The number of anilines is 2. The van der Waals surface area contributed by atoms with E-state index in [1.54, 1.807) is 6.07 Å². The smallest absolute Gasteiger partial charge is 0.335 e. The van der Waals surface area contributed by atoms with Crippen molar-refractivity contribution in [2.24, 2.45) is 0 Å². The summed E-state index contributed by atoms with van der Waals surface area (Å²) in [5.74, 6) is -0.246. The molecule has 0 bridgehead atoms. The Hall–Kier alpha value is -1.88. The van der Waals surface area contributed by atoms with E-state index < -0.39 is 5.97 Å². The van der Waals surface area contributed by atoms with E-state index in [0.717, 1.165) is 15.9 Å². The Kier molecular flexibility index (Phi) is 4.39. The summed E-state index contributed by atoms with van der Waals surface area (Å²) in [6.45, 7) is 3.97. The van der Waals surface area contributed by atoms with Gasteiger partial charge in [-0.2, -0.15) is 0 Å². The average Bonchev–Trinajstić information content (AvgIpc) is 2.41. The zero-order valence-corrected chi connectivity index (χ0v) is 12.8. The monoisotopic (exact) mass is 334 g/mol. The molecule has 1 heterocycles. The lowest BCUT2D eigenvalue weighted by atomic mass is 10.1. The minimum Gasteiger partial charge on any atom is -0.478 e. The van der Waals surface area contributed by atoms with Crippen LogP contribution in [0.2, 0.25) is 0 Å². The number of nitrogens with one attached hydrogen (secondary N) is 1. The second-order valence-corrected chi connectivity index (χ2v) is 5.67. The third-order valence-corrected chi connectivity index (χ3v) is 3.33. The molecular weight excluding hydrogens is 320 g/mol. The molecule has 20 heavy (non-hydrogen) atoms. The lowest BCUT2D eigenvalue weighted by Crippen LogP contribution is -2.04. The van der Waals surface area contributed by atoms with Crippen LogP contribution >= 0.6 is 15.9 Å². The van der Waals surface area contributed by atoms with E-state index in [9.17, 15) is 4.79 Å². The fourth-order valence-corrected chi connectivity index (χ4v) is 1.98. The third-order valence-electron chi connectivity index (χ3n) is 2.80. The number of halogens is 1. The van der Waals surface area contributed by atoms with Crippen LogP contribution in [0.3, 0.4) is 0 Å². The van der Waals surface area contributed by atoms with Crippen molar-refractivity contribution in [2.75, 3.05) is 5.32 Å². The predicted molar refractivity (Wildman–Crippen MR) is 82.7 cm³/mol. The van der Waals surface area contributed by atoms with E-state index >= 15 is 0 Å². The number of carbonyl (C=O) groups is 1. The lowest BCUT2D eigenvalue weighted by molar-refractivity contribution is 0.0696. The molecule has 0 spiro atoms. The molecule has 5 heteroatoms. The van der Waals surface area contributed by atoms with Gasteiger partial charge in [0, 0.05) is 15.9 Å². The van der Waals surface area contributed by atoms with Crippen LogP contribution < -0.4 is 5.32 Å². The molecule has 1 aromatic carbocycles. The average molecular weight is 335 g/mol. The molecule has 2 rings (SSSR count). The SMILES string of the molecule is CC(C)c1cc(C(=O)O)cc(Nc2ccc(Br)cc2)n1. The molecule has 2 aromatic rings. The second-order valence-electron chi connectivity index (χ2n) is 4.76. The molecule has 0 atom stereocenters. The zero-order valence-electron chi connectivity index (χ0n) is 11.2. The molecule has 0 saturated heterocycles. The molecule has 0 radical (unpaired) electrons. The highest BCUT2D eigenvalue weighted by molar-refractivity contribution is 9.10. The molecule has 0 saturated carbocycles. The molecule has 0 aliphatic heterocycles. The summed E-state index contributed by atoms with van der Waals surface area (Å²) in [6.07, 6.45) is 0. The van der Waals surface area contributed by atoms with Crippen molar-refractivity contribution < 1.29 is 9.90 Å². The number of hydrogen-bond donors (Lipinski definition) is 2. The van der Waals surface area contributed by atoms with Crippen molar-refractivity contribution in [1.82, 2.24) is 4.98 Å². The maximum atomic E-state index is 11.2. The van der Waals surface area contributed by atoms with Gasteiger partial charge in [0.25, 0.3) is 0 Å². The summed E-state index contributed by atoms with van der Waals surface area (Å²) in [5.41, 5.74) is 1.85. The minimum atomic E-state index is -0.951. The van der Waals surface area contributed by atoms with Crippen LogP contribution in [0, 0.1) is 0 Å². The Balaban J connectivity index is 2.35. The largest absolute Gasteiger partial charge is 0.478 e. The van der Waals surface area contributed by atoms with Crippen LogP contribution in [-0.4, -0.2) is 16.1 Å². The Labute approximate surface area is 126 Å². The van der Waals surface area contributed by atoms with E-state index in [1.807, 2.05) is 38.1 Å². The summed E-state index contributed by atoms with van der Waals surface area (Å²) >= 11 is 3.37. The third kappa shape index (κ3) is 3.57. The van der Waals surface area contributed by atoms with E-state index in [4.69, 9.17) is 5.11 Å². The molecule has 0 fully saturated rings. The predicted octanol–water partition coefficient (Wildman–Crippen LogP) is 4.41. The molecule has 4 nitrogen and oxygen atoms in total. The lowest BCUT2D eigenvalue weighted by Gasteiger charge is -2.11. The van der Waals surface area contributed by atoms with Gasteiger partial charge in [0.1, 0.15) is 5.82 Å². The summed E-state index contributed by atoms with van der Waals surface area (Å²) in [5, 5.41) is 12.3. The molecule has 0 unspecified atom stereocenters. The van der Waals surface area contributed by atoms with Crippen LogP contribution in [0.1, 0.15) is 35.8 Å². The van der Waals surface area contributed by atoms with E-state index in [2.05, 4.69) is 26.2 Å². The van der Waals surface area contributed by atoms with Crippen molar-refractivity contribution >= 4 is 33.4 Å². The van der Waals surface area contributed by atoms with Crippen LogP contribution in [0.25, 0.3) is 0 Å². The number of aromatic carboxylic acids is 1. The van der Waals surface area contributed by atoms with Gasteiger partial charge < -0.3 is 10.4 Å². The van der Waals surface area contributed by atoms with Crippen molar-refractivity contribution in [3.05, 3.63) is 52.1 Å². The minimum absolute atomic E-state index is 0.166. The van der Waals surface area contributed by atoms with Gasteiger partial charge in [0.2, 0.25) is 0 Å². The quantitative estimate of drug-likeness (QED) is 0.869. The topological polar surface area (TPSA) is 62.2 Å². The number of pyridine rings is 1. The molecular formula is C15H15BrN2O2. The Morgan fingerprint density at radius 1 is 1.25 bits per heavy atom. The maximum Gasteiger partial charge on any atom is 0.335 e. The number of hydrogen-bond acceptors (Lipinski definition) is 3. The Morgan fingerprint density at radius 2 is 1.90 bits per heavy atom. The first-order valence-electron chi connectivity index (χ1n) is 6.23. The van der Waals surface area contributed by atoms with Gasteiger partial charge in [0.15, 0.2) is 0 Å². The maximum absolute atomic E-state index is 11.2. The van der Waals surface area contributed by atoms with Gasteiger partial charge in [-0.25, -0.2) is 9.78 Å². The molecule has 0 aliphatic carbocycles. The number of rotatable bonds is 4. The summed E-state index contributed by atoms with van der Waals surface area (Å²) in [7, 11) is 0. The number of benzene rings is 1. The fourth-order valence-electron chi connectivity index (χ4n) is 1.72. The zero-order chi connectivity index (χ0) is 14.7. The fraction of sp³-hybridized carbons (Fsp3) is 0.200. The van der Waals surface area contributed by atoms with Gasteiger partial charge in [-0.15, -0.1) is 0 Å². The van der Waals surface area contributed by atoms with Gasteiger partial charge in [-0.05, 0) is 42.3 Å². The first kappa shape index (κ1) is 14.5. The summed E-state index contributed by atoms with van der Waals surface area (Å²) in [4.78, 5) is 15.6. The van der Waals surface area contributed by atoms with Crippen LogP contribution in [0.5, 0.6) is 0 Å². The highest BCUT2D eigenvalue weighted by Gasteiger charge is 2.11. The van der Waals surface area contributed by atoms with Gasteiger partial charge in [-0.3, -0.25) is 0 Å². The van der Waals surface area contributed by atoms with Crippen LogP contribution in [0.4, 0.5) is 11.5 Å². The molecule has 0 amide bonds. The van der Waals surface area contributed by atoms with Crippen molar-refractivity contribution in [3.8, 4) is 0 Å². The number of aromatic nitrogens is 1. The normalized spacial score (nSPS) is 10.6. The molecule has 0 aliphatic rings. The Morgan fingerprint density at radius 3 is 2.45 bits per heavy atom. The highest BCUT2D eigenvalue weighted by atomic mass is 79.9. The van der Waals surface area contributed by atoms with E-state index in [0.29, 0.717) is 5.82 Å². The standard InChI is InChI=1S/C15H15BrN2O2/c1-9(2)13-7-10(15(19)20)8-14(18-13)17-12-5-3-11(16)4-6-12/h3-9H,1-2H3,(H,17,18)(H,19,20). The van der Waals surface area contributed by atoms with Crippen molar-refractivity contribution in [2.45, 2.75) is 19.8 Å². The van der Waals surface area contributed by atoms with Gasteiger partial charge in [0.05, 0.1) is 5.56 Å². The number of carboxylic acid groups (broad SMARTS) is 1. The van der Waals surface area contributed by atoms with E-state index in [-0.39, 0.29) is 11.5 Å². The molecule has 1 aromatic heterocycles. The number of nitrogens with zero attached hydrogens (tertiary/aromatic N) is 1. The van der Waals surface area contributed by atoms with Crippen molar-refractivity contribution in [1.29, 1.82) is 0 Å². The molecule has 104 valence electrons. The van der Waals surface area contributed by atoms with Crippen LogP contribution in [0.15, 0.2) is 40.9 Å². The number of carboxylic acids is 1. The molecule has 2 N–H and O–H groups in total. The first-order chi connectivity index (χ1) is 9.45. The van der Waals surface area contributed by atoms with E-state index in [1.165, 1.54) is 6.07 Å². The first-order valence-corrected chi connectivity index (χ1v) is 7.03. The van der Waals surface area contributed by atoms with Gasteiger partial charge in [-0.1, -0.05) is 29.8 Å². The van der Waals surface area contributed by atoms with Crippen molar-refractivity contribution in [3.63, 3.8) is 0 Å².